The molecule has 0 saturated heterocycles. The minimum Gasteiger partial charge on any atom is -0.352 e. The quantitative estimate of drug-likeness (QED) is 0.515. The van der Waals surface area contributed by atoms with Gasteiger partial charge in [-0.25, -0.2) is 0 Å². The third-order valence-electron chi connectivity index (χ3n) is 2.06. The lowest BCUT2D eigenvalue weighted by molar-refractivity contribution is -0.137. The first kappa shape index (κ1) is 15.2. The average molecular weight is 278 g/mol. The number of aromatic nitrogens is 2. The molecule has 0 aromatic carbocycles. The molecular formula is C11H14N6O3. The van der Waals surface area contributed by atoms with Crippen LogP contribution in [0.15, 0.2) is 6.20 Å². The molecule has 0 radical (unpaired) electrons. The number of rotatable bonds is 4. The van der Waals surface area contributed by atoms with Gasteiger partial charge >= 0.3 is 11.8 Å². The summed E-state index contributed by atoms with van der Waals surface area (Å²) in [4.78, 5) is 34.2. The molecule has 20 heavy (non-hydrogen) atoms. The SMILES string of the molecule is CC(C)NC(=O)CNC(=O)C(=O)Nc1[nH]ncc1C#N. The van der Waals surface area contributed by atoms with Crippen molar-refractivity contribution in [3.05, 3.63) is 11.8 Å². The van der Waals surface area contributed by atoms with E-state index in [1.807, 2.05) is 0 Å². The van der Waals surface area contributed by atoms with Crippen LogP contribution in [-0.4, -0.2) is 40.5 Å². The average Bonchev–Trinajstić information content (AvgIpc) is 2.82. The van der Waals surface area contributed by atoms with Crippen LogP contribution in [0.4, 0.5) is 5.82 Å². The van der Waals surface area contributed by atoms with Crippen molar-refractivity contribution in [3.8, 4) is 6.07 Å². The van der Waals surface area contributed by atoms with Crippen LogP contribution in [0, 0.1) is 11.3 Å². The standard InChI is InChI=1S/C11H14N6O3/c1-6(2)15-8(18)5-13-10(19)11(20)16-9-7(3-12)4-14-17-9/h4,6H,5H2,1-2H3,(H,13,19)(H,15,18)(H2,14,16,17,20). The highest BCUT2D eigenvalue weighted by Gasteiger charge is 2.17. The van der Waals surface area contributed by atoms with E-state index in [2.05, 4.69) is 26.1 Å². The molecule has 0 spiro atoms. The normalized spacial score (nSPS) is 9.70. The number of nitrogens with one attached hydrogen (secondary N) is 4. The molecular weight excluding hydrogens is 264 g/mol. The summed E-state index contributed by atoms with van der Waals surface area (Å²) >= 11 is 0. The van der Waals surface area contributed by atoms with Gasteiger partial charge in [-0.05, 0) is 13.8 Å². The number of nitrogens with zero attached hydrogens (tertiary/aromatic N) is 2. The number of H-pyrrole nitrogens is 1. The minimum absolute atomic E-state index is 0.0271. The summed E-state index contributed by atoms with van der Waals surface area (Å²) in [5.41, 5.74) is 0.101. The lowest BCUT2D eigenvalue weighted by Crippen LogP contribution is -2.43. The molecule has 0 unspecified atom stereocenters. The van der Waals surface area contributed by atoms with Crippen molar-refractivity contribution in [1.82, 2.24) is 20.8 Å². The zero-order valence-electron chi connectivity index (χ0n) is 11.0. The fourth-order valence-electron chi connectivity index (χ4n) is 1.25. The van der Waals surface area contributed by atoms with Gasteiger partial charge in [-0.15, -0.1) is 0 Å². The maximum atomic E-state index is 11.5. The van der Waals surface area contributed by atoms with Gasteiger partial charge < -0.3 is 16.0 Å². The summed E-state index contributed by atoms with van der Waals surface area (Å²) in [6.07, 6.45) is 1.21. The number of hydrogen-bond acceptors (Lipinski definition) is 5. The first-order chi connectivity index (χ1) is 9.43. The monoisotopic (exact) mass is 278 g/mol. The zero-order chi connectivity index (χ0) is 15.1. The molecule has 0 fully saturated rings. The molecule has 1 heterocycles. The Bertz CT molecular complexity index is 557. The summed E-state index contributed by atoms with van der Waals surface area (Å²) < 4.78 is 0. The van der Waals surface area contributed by atoms with Crippen LogP contribution in [0.3, 0.4) is 0 Å². The molecule has 9 nitrogen and oxygen atoms in total. The van der Waals surface area contributed by atoms with E-state index in [1.54, 1.807) is 19.9 Å². The largest absolute Gasteiger partial charge is 0.352 e. The van der Waals surface area contributed by atoms with Crippen LogP contribution >= 0.6 is 0 Å². The number of hydrogen-bond donors (Lipinski definition) is 4. The molecule has 9 heteroatoms. The van der Waals surface area contributed by atoms with E-state index in [0.29, 0.717) is 0 Å². The van der Waals surface area contributed by atoms with Gasteiger partial charge in [-0.3, -0.25) is 19.5 Å². The Morgan fingerprint density at radius 1 is 1.40 bits per heavy atom. The fraction of sp³-hybridized carbons (Fsp3) is 0.364. The topological polar surface area (TPSA) is 140 Å². The summed E-state index contributed by atoms with van der Waals surface area (Å²) in [6, 6.07) is 1.73. The fourth-order valence-corrected chi connectivity index (χ4v) is 1.25. The van der Waals surface area contributed by atoms with E-state index in [4.69, 9.17) is 5.26 Å². The minimum atomic E-state index is -0.997. The lowest BCUT2D eigenvalue weighted by Gasteiger charge is -2.09. The summed E-state index contributed by atoms with van der Waals surface area (Å²) in [6.45, 7) is 3.24. The Balaban J connectivity index is 2.46. The molecule has 1 aromatic rings. The molecule has 0 atom stereocenters. The predicted octanol–water partition coefficient (Wildman–Crippen LogP) is -1.14. The van der Waals surface area contributed by atoms with E-state index in [9.17, 15) is 14.4 Å². The summed E-state index contributed by atoms with van der Waals surface area (Å²) in [7, 11) is 0. The lowest BCUT2D eigenvalue weighted by atomic mass is 10.3. The molecule has 106 valence electrons. The second kappa shape index (κ2) is 6.89. The van der Waals surface area contributed by atoms with Gasteiger partial charge in [0.25, 0.3) is 0 Å². The Labute approximate surface area is 114 Å². The van der Waals surface area contributed by atoms with Gasteiger partial charge in [0.1, 0.15) is 17.5 Å². The van der Waals surface area contributed by atoms with Crippen LogP contribution in [0.2, 0.25) is 0 Å². The van der Waals surface area contributed by atoms with Crippen molar-refractivity contribution in [2.45, 2.75) is 19.9 Å². The van der Waals surface area contributed by atoms with Gasteiger partial charge in [0, 0.05) is 6.04 Å². The molecule has 4 N–H and O–H groups in total. The molecule has 3 amide bonds. The Hall–Kier alpha value is -2.89. The maximum absolute atomic E-state index is 11.5. The van der Waals surface area contributed by atoms with E-state index < -0.39 is 17.7 Å². The van der Waals surface area contributed by atoms with Crippen molar-refractivity contribution in [2.75, 3.05) is 11.9 Å². The van der Waals surface area contributed by atoms with E-state index >= 15 is 0 Å². The van der Waals surface area contributed by atoms with Crippen LogP contribution in [0.25, 0.3) is 0 Å². The third-order valence-corrected chi connectivity index (χ3v) is 2.06. The molecule has 0 bridgehead atoms. The van der Waals surface area contributed by atoms with Gasteiger partial charge in [0.15, 0.2) is 0 Å². The zero-order valence-corrected chi connectivity index (χ0v) is 11.0. The molecule has 0 aliphatic heterocycles. The van der Waals surface area contributed by atoms with E-state index in [1.165, 1.54) is 6.20 Å². The molecule has 0 aliphatic rings. The highest BCUT2D eigenvalue weighted by atomic mass is 16.2. The van der Waals surface area contributed by atoms with Crippen LogP contribution in [0.1, 0.15) is 19.4 Å². The second-order valence-corrected chi connectivity index (χ2v) is 4.13. The van der Waals surface area contributed by atoms with Crippen molar-refractivity contribution in [3.63, 3.8) is 0 Å². The molecule has 0 saturated carbocycles. The Morgan fingerprint density at radius 2 is 2.10 bits per heavy atom. The first-order valence-corrected chi connectivity index (χ1v) is 5.76. The Kier molecular flexibility index (Phi) is 5.22. The summed E-state index contributed by atoms with van der Waals surface area (Å²) in [5, 5.41) is 21.5. The number of carbonyl (C=O) groups is 3. The van der Waals surface area contributed by atoms with Crippen molar-refractivity contribution >= 4 is 23.5 Å². The number of anilines is 1. The van der Waals surface area contributed by atoms with E-state index in [0.717, 1.165) is 0 Å². The highest BCUT2D eigenvalue weighted by molar-refractivity contribution is 6.39. The highest BCUT2D eigenvalue weighted by Crippen LogP contribution is 2.08. The van der Waals surface area contributed by atoms with Crippen molar-refractivity contribution < 1.29 is 14.4 Å². The van der Waals surface area contributed by atoms with Gasteiger partial charge in [0.2, 0.25) is 5.91 Å². The van der Waals surface area contributed by atoms with Gasteiger partial charge in [-0.1, -0.05) is 0 Å². The predicted molar refractivity (Wildman–Crippen MR) is 68.2 cm³/mol. The molecule has 1 aromatic heterocycles. The van der Waals surface area contributed by atoms with Crippen LogP contribution < -0.4 is 16.0 Å². The maximum Gasteiger partial charge on any atom is 0.314 e. The van der Waals surface area contributed by atoms with Gasteiger partial charge in [0.05, 0.1) is 12.7 Å². The number of carbonyl (C=O) groups excluding carboxylic acids is 3. The third kappa shape index (κ3) is 4.41. The first-order valence-electron chi connectivity index (χ1n) is 5.76. The molecule has 0 aliphatic carbocycles. The number of nitriles is 1. The second-order valence-electron chi connectivity index (χ2n) is 4.13. The van der Waals surface area contributed by atoms with Crippen molar-refractivity contribution in [2.24, 2.45) is 0 Å². The van der Waals surface area contributed by atoms with Crippen molar-refractivity contribution in [1.29, 1.82) is 5.26 Å². The molecule has 1 rings (SSSR count). The smallest absolute Gasteiger partial charge is 0.314 e. The van der Waals surface area contributed by atoms with Crippen LogP contribution in [-0.2, 0) is 14.4 Å². The van der Waals surface area contributed by atoms with Gasteiger partial charge in [-0.2, -0.15) is 10.4 Å². The summed E-state index contributed by atoms with van der Waals surface area (Å²) in [5.74, 6) is -2.36. The Morgan fingerprint density at radius 3 is 2.70 bits per heavy atom. The number of aromatic amines is 1. The van der Waals surface area contributed by atoms with E-state index in [-0.39, 0.29) is 24.0 Å². The number of amides is 3. The van der Waals surface area contributed by atoms with Crippen LogP contribution in [0.5, 0.6) is 0 Å².